The van der Waals surface area contributed by atoms with Gasteiger partial charge in [-0.3, -0.25) is 10.1 Å². The van der Waals surface area contributed by atoms with Gasteiger partial charge >= 0.3 is 12.2 Å². The van der Waals surface area contributed by atoms with Crippen LogP contribution >= 0.6 is 0 Å². The highest BCUT2D eigenvalue weighted by Crippen LogP contribution is 2.23. The van der Waals surface area contributed by atoms with E-state index in [9.17, 15) is 14.4 Å². The molecule has 2 aliphatic heterocycles. The van der Waals surface area contributed by atoms with Gasteiger partial charge in [0.1, 0.15) is 11.2 Å². The van der Waals surface area contributed by atoms with E-state index in [4.69, 9.17) is 20.5 Å². The van der Waals surface area contributed by atoms with Crippen LogP contribution in [0.5, 0.6) is 0 Å². The van der Waals surface area contributed by atoms with E-state index in [-0.39, 0.29) is 24.0 Å². The van der Waals surface area contributed by atoms with Crippen LogP contribution in [0.25, 0.3) is 0 Å². The summed E-state index contributed by atoms with van der Waals surface area (Å²) in [7, 11) is 0. The number of piperidine rings is 2. The van der Waals surface area contributed by atoms with Crippen LogP contribution in [0, 0.1) is 23.7 Å². The van der Waals surface area contributed by atoms with Crippen molar-refractivity contribution in [3.8, 4) is 0 Å². The van der Waals surface area contributed by atoms with Crippen LogP contribution < -0.4 is 11.1 Å². The molecule has 11 heteroatoms. The molecule has 4 aromatic carbocycles. The number of ether oxygens (including phenoxy) is 2. The van der Waals surface area contributed by atoms with Gasteiger partial charge in [0.25, 0.3) is 0 Å². The first-order chi connectivity index (χ1) is 35.1. The molecule has 0 aromatic heterocycles. The van der Waals surface area contributed by atoms with Gasteiger partial charge in [0, 0.05) is 38.6 Å². The molecule has 11 nitrogen and oxygen atoms in total. The molecule has 0 saturated carbocycles. The molecule has 2 fully saturated rings. The van der Waals surface area contributed by atoms with Crippen LogP contribution in [0.15, 0.2) is 121 Å². The second-order valence-electron chi connectivity index (χ2n) is 22.2. The van der Waals surface area contributed by atoms with Gasteiger partial charge in [-0.05, 0) is 191 Å². The molecule has 4 N–H and O–H groups in total. The van der Waals surface area contributed by atoms with Crippen LogP contribution in [0.4, 0.5) is 9.59 Å². The van der Waals surface area contributed by atoms with Crippen LogP contribution in [0.1, 0.15) is 141 Å². The fraction of sp³-hybridized carbons (Fsp3) is 0.565. The summed E-state index contributed by atoms with van der Waals surface area (Å²) in [4.78, 5) is 45.2. The SMILES string of the molecule is CC(C)(C)OC(=O)N1CCC(CN)CC1.CC(C)(C)OC(=O)N1CCC(CNC(=O)C(CCCc2ccccc2)CCCc2ccccc2)CC1.OOCC(CCCc1ccccc1)CCCc1ccccc1. The largest absolute Gasteiger partial charge is 0.444 e. The zero-order valence-corrected chi connectivity index (χ0v) is 45.5. The third kappa shape index (κ3) is 26.5. The quantitative estimate of drug-likeness (QED) is 0.0522. The third-order valence-corrected chi connectivity index (χ3v) is 13.7. The van der Waals surface area contributed by atoms with Gasteiger partial charge in [-0.1, -0.05) is 121 Å². The molecular weight excluding hydrogens is 913 g/mol. The van der Waals surface area contributed by atoms with Gasteiger partial charge in [0.05, 0.1) is 6.61 Å². The number of hydrogen-bond acceptors (Lipinski definition) is 8. The minimum absolute atomic E-state index is 0.0410. The molecule has 0 spiro atoms. The van der Waals surface area contributed by atoms with Crippen molar-refractivity contribution in [2.75, 3.05) is 45.9 Å². The Morgan fingerprint density at radius 3 is 1.19 bits per heavy atom. The van der Waals surface area contributed by atoms with E-state index in [0.717, 1.165) is 122 Å². The van der Waals surface area contributed by atoms with E-state index in [1.165, 1.54) is 22.3 Å². The molecule has 402 valence electrons. The normalized spacial score (nSPS) is 14.4. The number of nitrogens with zero attached hydrogens (tertiary/aromatic N) is 2. The Kier molecular flexibility index (Phi) is 27.7. The molecule has 73 heavy (non-hydrogen) atoms. The van der Waals surface area contributed by atoms with E-state index in [0.29, 0.717) is 44.0 Å². The maximum Gasteiger partial charge on any atom is 0.410 e. The van der Waals surface area contributed by atoms with Crippen LogP contribution in [-0.2, 0) is 44.8 Å². The van der Waals surface area contributed by atoms with E-state index in [1.54, 1.807) is 9.80 Å². The maximum absolute atomic E-state index is 13.2. The molecule has 0 radical (unpaired) electrons. The summed E-state index contributed by atoms with van der Waals surface area (Å²) in [6.07, 6.45) is 15.9. The topological polar surface area (TPSA) is 144 Å². The fourth-order valence-electron chi connectivity index (χ4n) is 9.41. The average Bonchev–Trinajstić information content (AvgIpc) is 3.38. The Hall–Kier alpha value is -5.23. The van der Waals surface area contributed by atoms with Crippen molar-refractivity contribution in [2.45, 2.75) is 155 Å². The van der Waals surface area contributed by atoms with Crippen LogP contribution in [-0.4, -0.2) is 90.2 Å². The second-order valence-corrected chi connectivity index (χ2v) is 22.2. The number of aryl methyl sites for hydroxylation is 4. The summed E-state index contributed by atoms with van der Waals surface area (Å²) in [5, 5.41) is 12.0. The lowest BCUT2D eigenvalue weighted by Gasteiger charge is -2.33. The first-order valence-electron chi connectivity index (χ1n) is 27.5. The predicted octanol–water partition coefficient (Wildman–Crippen LogP) is 13.1. The average molecular weight is 1010 g/mol. The van der Waals surface area contributed by atoms with Crippen molar-refractivity contribution in [3.05, 3.63) is 144 Å². The van der Waals surface area contributed by atoms with E-state index < -0.39 is 11.2 Å². The molecule has 6 rings (SSSR count). The summed E-state index contributed by atoms with van der Waals surface area (Å²) >= 11 is 0. The zero-order valence-electron chi connectivity index (χ0n) is 45.5. The number of benzene rings is 4. The van der Waals surface area contributed by atoms with Crippen molar-refractivity contribution < 1.29 is 34.0 Å². The van der Waals surface area contributed by atoms with Gasteiger partial charge in [0.2, 0.25) is 5.91 Å². The van der Waals surface area contributed by atoms with E-state index >= 15 is 0 Å². The number of amides is 3. The first-order valence-corrected chi connectivity index (χ1v) is 27.5. The highest BCUT2D eigenvalue weighted by molar-refractivity contribution is 5.78. The van der Waals surface area contributed by atoms with Gasteiger partial charge in [-0.25, -0.2) is 14.5 Å². The lowest BCUT2D eigenvalue weighted by atomic mass is 9.92. The number of carbonyl (C=O) groups excluding carboxylic acids is 3. The highest BCUT2D eigenvalue weighted by atomic mass is 17.1. The molecule has 2 saturated heterocycles. The number of hydrogen-bond donors (Lipinski definition) is 3. The standard InChI is InChI=1S/C31H44N2O3.C20H26O2.C11H22N2O2/c1-31(2,3)36-30(35)33-22-20-27(21-23-33)24-32-29(34)28(18-10-16-25-12-6-4-7-13-25)19-11-17-26-14-8-5-9-15-26;21-22-17-20(15-7-13-18-9-3-1-4-10-18)16-8-14-19-11-5-2-6-12-19;1-11(2,3)15-10(14)13-6-4-9(8-12)5-7-13/h4-9,12-15,27-28H,10-11,16-24H2,1-3H3,(H,32,34);1-6,9-12,20-21H,7-8,13-17H2;9H,4-8,12H2,1-3H3. The molecule has 2 heterocycles. The second kappa shape index (κ2) is 33.6. The smallest absolute Gasteiger partial charge is 0.410 e. The lowest BCUT2D eigenvalue weighted by Crippen LogP contribution is -2.44. The van der Waals surface area contributed by atoms with Crippen LogP contribution in [0.2, 0.25) is 0 Å². The molecule has 0 aliphatic carbocycles. The van der Waals surface area contributed by atoms with Crippen molar-refractivity contribution in [1.29, 1.82) is 0 Å². The van der Waals surface area contributed by atoms with Gasteiger partial charge in [-0.15, -0.1) is 0 Å². The molecule has 4 aromatic rings. The number of likely N-dealkylation sites (tertiary alicyclic amines) is 2. The summed E-state index contributed by atoms with van der Waals surface area (Å²) in [6.45, 7) is 16.1. The maximum atomic E-state index is 13.2. The summed E-state index contributed by atoms with van der Waals surface area (Å²) in [5.41, 5.74) is 10.1. The minimum Gasteiger partial charge on any atom is -0.444 e. The fourth-order valence-corrected chi connectivity index (χ4v) is 9.41. The number of rotatable bonds is 22. The Morgan fingerprint density at radius 2 is 0.877 bits per heavy atom. The summed E-state index contributed by atoms with van der Waals surface area (Å²) in [6, 6.07) is 42.2. The monoisotopic (exact) mass is 1000 g/mol. The Bertz CT molecular complexity index is 1970. The van der Waals surface area contributed by atoms with Crippen molar-refractivity contribution in [2.24, 2.45) is 29.4 Å². The Morgan fingerprint density at radius 1 is 0.548 bits per heavy atom. The van der Waals surface area contributed by atoms with E-state index in [2.05, 4.69) is 119 Å². The lowest BCUT2D eigenvalue weighted by molar-refractivity contribution is -0.251. The minimum atomic E-state index is -0.474. The number of carbonyl (C=O) groups is 3. The molecular formula is C62H92N4O7. The molecule has 0 bridgehead atoms. The summed E-state index contributed by atoms with van der Waals surface area (Å²) in [5.74, 6) is 1.65. The predicted molar refractivity (Wildman–Crippen MR) is 296 cm³/mol. The molecule has 0 atom stereocenters. The molecule has 2 aliphatic rings. The molecule has 3 amide bonds. The van der Waals surface area contributed by atoms with Crippen LogP contribution in [0.3, 0.4) is 0 Å². The van der Waals surface area contributed by atoms with Crippen molar-refractivity contribution in [1.82, 2.24) is 15.1 Å². The first kappa shape index (κ1) is 60.3. The molecule has 0 unspecified atom stereocenters. The van der Waals surface area contributed by atoms with Gasteiger partial charge < -0.3 is 30.3 Å². The van der Waals surface area contributed by atoms with Crippen molar-refractivity contribution in [3.63, 3.8) is 0 Å². The van der Waals surface area contributed by atoms with Crippen molar-refractivity contribution >= 4 is 18.1 Å². The van der Waals surface area contributed by atoms with Gasteiger partial charge in [0.15, 0.2) is 0 Å². The van der Waals surface area contributed by atoms with E-state index in [1.807, 2.05) is 53.7 Å². The third-order valence-electron chi connectivity index (χ3n) is 13.7. The van der Waals surface area contributed by atoms with Gasteiger partial charge in [-0.2, -0.15) is 0 Å². The number of nitrogens with two attached hydrogens (primary N) is 1. The Labute approximate surface area is 439 Å². The number of nitrogens with one attached hydrogen (secondary N) is 1. The zero-order chi connectivity index (χ0) is 52.7. The summed E-state index contributed by atoms with van der Waals surface area (Å²) < 4.78 is 10.8. The highest BCUT2D eigenvalue weighted by Gasteiger charge is 2.29. The Balaban J connectivity index is 0.000000264.